The number of pyridine rings is 2. The summed E-state index contributed by atoms with van der Waals surface area (Å²) < 4.78 is 0. The van der Waals surface area contributed by atoms with Crippen LogP contribution in [0.15, 0.2) is 30.5 Å². The second kappa shape index (κ2) is 7.41. The highest BCUT2D eigenvalue weighted by Gasteiger charge is 2.24. The molecular formula is C20H25N5O. The summed E-state index contributed by atoms with van der Waals surface area (Å²) in [6.45, 7) is 3.67. The van der Waals surface area contributed by atoms with Crippen molar-refractivity contribution in [1.82, 2.24) is 15.3 Å². The van der Waals surface area contributed by atoms with Crippen molar-refractivity contribution in [2.45, 2.75) is 25.7 Å². The Morgan fingerprint density at radius 1 is 1.23 bits per heavy atom. The molecule has 0 atom stereocenters. The van der Waals surface area contributed by atoms with Crippen molar-refractivity contribution in [2.24, 2.45) is 5.92 Å². The van der Waals surface area contributed by atoms with E-state index in [9.17, 15) is 4.79 Å². The summed E-state index contributed by atoms with van der Waals surface area (Å²) in [4.78, 5) is 24.2. The van der Waals surface area contributed by atoms with Gasteiger partial charge in [-0.15, -0.1) is 0 Å². The lowest BCUT2D eigenvalue weighted by atomic mass is 9.99. The fourth-order valence-corrected chi connectivity index (χ4v) is 3.45. The van der Waals surface area contributed by atoms with Crippen molar-refractivity contribution >= 4 is 17.4 Å². The lowest BCUT2D eigenvalue weighted by Crippen LogP contribution is -2.44. The smallest absolute Gasteiger partial charge is 0.215 e. The number of nitrogen functional groups attached to an aromatic ring is 1. The van der Waals surface area contributed by atoms with Crippen LogP contribution in [0.5, 0.6) is 0 Å². The molecule has 1 aliphatic heterocycles. The number of hydrogen-bond acceptors (Lipinski definition) is 6. The van der Waals surface area contributed by atoms with Crippen molar-refractivity contribution < 1.29 is 4.79 Å². The summed E-state index contributed by atoms with van der Waals surface area (Å²) in [7, 11) is 0. The average molecular weight is 351 g/mol. The highest BCUT2D eigenvalue weighted by Crippen LogP contribution is 2.34. The predicted octanol–water partition coefficient (Wildman–Crippen LogP) is 2.04. The molecule has 2 aliphatic rings. The van der Waals surface area contributed by atoms with E-state index < -0.39 is 0 Å². The van der Waals surface area contributed by atoms with E-state index in [1.165, 1.54) is 12.8 Å². The largest absolute Gasteiger partial charge is 0.383 e. The van der Waals surface area contributed by atoms with E-state index in [1.54, 1.807) is 18.3 Å². The minimum absolute atomic E-state index is 0.126. The lowest BCUT2D eigenvalue weighted by Gasteiger charge is -2.29. The van der Waals surface area contributed by atoms with Crippen LogP contribution in [-0.4, -0.2) is 41.9 Å². The van der Waals surface area contributed by atoms with Gasteiger partial charge in [-0.2, -0.15) is 0 Å². The van der Waals surface area contributed by atoms with Crippen LogP contribution in [0.2, 0.25) is 0 Å². The van der Waals surface area contributed by atoms with E-state index in [0.717, 1.165) is 56.3 Å². The maximum atomic E-state index is 13.2. The summed E-state index contributed by atoms with van der Waals surface area (Å²) in [5, 5.41) is 3.35. The molecule has 1 aliphatic carbocycles. The van der Waals surface area contributed by atoms with Gasteiger partial charge in [0.15, 0.2) is 0 Å². The maximum Gasteiger partial charge on any atom is 0.215 e. The number of aromatic nitrogens is 2. The molecule has 0 aromatic carbocycles. The average Bonchev–Trinajstić information content (AvgIpc) is 3.51. The van der Waals surface area contributed by atoms with E-state index in [4.69, 9.17) is 10.7 Å². The zero-order chi connectivity index (χ0) is 17.9. The van der Waals surface area contributed by atoms with E-state index in [0.29, 0.717) is 11.3 Å². The fraction of sp³-hybridized carbons (Fsp3) is 0.450. The number of carbonyl (C=O) groups excluding carboxylic acids is 1. The monoisotopic (exact) mass is 351 g/mol. The number of rotatable bonds is 6. The summed E-state index contributed by atoms with van der Waals surface area (Å²) >= 11 is 0. The quantitative estimate of drug-likeness (QED) is 0.775. The van der Waals surface area contributed by atoms with Gasteiger partial charge in [-0.25, -0.2) is 9.97 Å². The third-order valence-electron chi connectivity index (χ3n) is 5.22. The Balaban J connectivity index is 1.67. The predicted molar refractivity (Wildman–Crippen MR) is 102 cm³/mol. The van der Waals surface area contributed by atoms with Gasteiger partial charge in [0, 0.05) is 32.4 Å². The van der Waals surface area contributed by atoms with Gasteiger partial charge in [-0.3, -0.25) is 4.79 Å². The summed E-state index contributed by atoms with van der Waals surface area (Å²) in [5.41, 5.74) is 7.93. The van der Waals surface area contributed by atoms with Gasteiger partial charge < -0.3 is 16.0 Å². The topological polar surface area (TPSA) is 84.1 Å². The zero-order valence-electron chi connectivity index (χ0n) is 14.9. The Labute approximate surface area is 153 Å². The Morgan fingerprint density at radius 3 is 2.77 bits per heavy atom. The highest BCUT2D eigenvalue weighted by atomic mass is 16.1. The third kappa shape index (κ3) is 3.70. The molecule has 1 saturated heterocycles. The van der Waals surface area contributed by atoms with Crippen molar-refractivity contribution in [3.8, 4) is 0 Å². The first kappa shape index (κ1) is 17.0. The highest BCUT2D eigenvalue weighted by molar-refractivity contribution is 6.11. The van der Waals surface area contributed by atoms with Crippen LogP contribution in [0, 0.1) is 5.92 Å². The first-order valence-corrected chi connectivity index (χ1v) is 9.43. The van der Waals surface area contributed by atoms with E-state index in [-0.39, 0.29) is 11.6 Å². The third-order valence-corrected chi connectivity index (χ3v) is 5.22. The first-order valence-electron chi connectivity index (χ1n) is 9.43. The van der Waals surface area contributed by atoms with Crippen molar-refractivity contribution in [2.75, 3.05) is 36.8 Å². The van der Waals surface area contributed by atoms with Crippen LogP contribution in [0.25, 0.3) is 0 Å². The maximum absolute atomic E-state index is 13.2. The van der Waals surface area contributed by atoms with Crippen LogP contribution < -0.4 is 16.0 Å². The number of piperazine rings is 1. The molecule has 0 amide bonds. The van der Waals surface area contributed by atoms with Crippen LogP contribution in [0.3, 0.4) is 0 Å². The number of carbonyl (C=O) groups is 1. The number of nitrogens with zero attached hydrogens (tertiary/aromatic N) is 3. The summed E-state index contributed by atoms with van der Waals surface area (Å²) in [6.07, 6.45) is 6.24. The van der Waals surface area contributed by atoms with Crippen molar-refractivity contribution in [1.29, 1.82) is 0 Å². The second-order valence-corrected chi connectivity index (χ2v) is 7.16. The fourth-order valence-electron chi connectivity index (χ4n) is 3.45. The van der Waals surface area contributed by atoms with Gasteiger partial charge in [0.1, 0.15) is 17.3 Å². The Morgan fingerprint density at radius 2 is 2.04 bits per heavy atom. The summed E-state index contributed by atoms with van der Waals surface area (Å²) in [6, 6.07) is 7.60. The van der Waals surface area contributed by atoms with E-state index >= 15 is 0 Å². The Hall–Kier alpha value is -2.47. The molecule has 1 saturated carbocycles. The number of ketones is 1. The molecule has 136 valence electrons. The standard InChI is InChI=1S/C20H25N5O/c21-20-16(2-1-9-23-20)19(26)18-15(6-5-14-3-4-14)7-8-17(24-18)25-12-10-22-11-13-25/h1-2,7-9,14,22H,3-6,10-13H2,(H2,21,23). The molecule has 0 unspecified atom stereocenters. The second-order valence-electron chi connectivity index (χ2n) is 7.16. The molecule has 2 aromatic heterocycles. The zero-order valence-corrected chi connectivity index (χ0v) is 14.9. The molecular weight excluding hydrogens is 326 g/mol. The molecule has 4 rings (SSSR count). The first-order chi connectivity index (χ1) is 12.7. The van der Waals surface area contributed by atoms with E-state index in [2.05, 4.69) is 27.3 Å². The number of aryl methyl sites for hydroxylation is 1. The molecule has 26 heavy (non-hydrogen) atoms. The van der Waals surface area contributed by atoms with Crippen LogP contribution in [0.4, 0.5) is 11.6 Å². The molecule has 6 nitrogen and oxygen atoms in total. The molecule has 6 heteroatoms. The Bertz CT molecular complexity index is 797. The Kier molecular flexibility index (Phi) is 4.84. The number of nitrogens with two attached hydrogens (primary N) is 1. The van der Waals surface area contributed by atoms with Crippen LogP contribution in [-0.2, 0) is 6.42 Å². The SMILES string of the molecule is Nc1ncccc1C(=O)c1nc(N2CCNCC2)ccc1CCC1CC1. The number of hydrogen-bond donors (Lipinski definition) is 2. The number of anilines is 2. The molecule has 3 heterocycles. The lowest BCUT2D eigenvalue weighted by molar-refractivity contribution is 0.103. The van der Waals surface area contributed by atoms with Gasteiger partial charge in [-0.05, 0) is 42.5 Å². The van der Waals surface area contributed by atoms with Gasteiger partial charge in [0.2, 0.25) is 5.78 Å². The molecule has 2 aromatic rings. The van der Waals surface area contributed by atoms with Gasteiger partial charge in [-0.1, -0.05) is 18.9 Å². The van der Waals surface area contributed by atoms with Gasteiger partial charge in [0.25, 0.3) is 0 Å². The normalized spacial score (nSPS) is 17.3. The van der Waals surface area contributed by atoms with Gasteiger partial charge >= 0.3 is 0 Å². The molecule has 2 fully saturated rings. The minimum Gasteiger partial charge on any atom is -0.383 e. The minimum atomic E-state index is -0.126. The number of nitrogens with one attached hydrogen (secondary N) is 1. The van der Waals surface area contributed by atoms with Gasteiger partial charge in [0.05, 0.1) is 5.56 Å². The molecule has 0 radical (unpaired) electrons. The van der Waals surface area contributed by atoms with Crippen LogP contribution >= 0.6 is 0 Å². The molecule has 0 spiro atoms. The van der Waals surface area contributed by atoms with E-state index in [1.807, 2.05) is 0 Å². The molecule has 3 N–H and O–H groups in total. The van der Waals surface area contributed by atoms with Crippen molar-refractivity contribution in [3.63, 3.8) is 0 Å². The van der Waals surface area contributed by atoms with Crippen molar-refractivity contribution in [3.05, 3.63) is 47.3 Å². The molecule has 0 bridgehead atoms. The summed E-state index contributed by atoms with van der Waals surface area (Å²) in [5.74, 6) is 1.82. The van der Waals surface area contributed by atoms with Crippen LogP contribution in [0.1, 0.15) is 40.9 Å².